The minimum Gasteiger partial charge on any atom is -0.394 e. The Labute approximate surface area is 132 Å². The maximum absolute atomic E-state index is 8.67. The summed E-state index contributed by atoms with van der Waals surface area (Å²) in [4.78, 5) is 4.93. The highest BCUT2D eigenvalue weighted by molar-refractivity contribution is 6.30. The summed E-state index contributed by atoms with van der Waals surface area (Å²) in [5, 5.41) is 9.46. The van der Waals surface area contributed by atoms with Crippen molar-refractivity contribution in [3.8, 4) is 0 Å². The first-order chi connectivity index (χ1) is 10.2. The molecule has 0 spiro atoms. The molecule has 21 heavy (non-hydrogen) atoms. The van der Waals surface area contributed by atoms with E-state index in [2.05, 4.69) is 28.9 Å². The first-order valence-electron chi connectivity index (χ1n) is 7.61. The van der Waals surface area contributed by atoms with E-state index in [4.69, 9.17) is 21.4 Å². The molecule has 1 aromatic rings. The fourth-order valence-electron chi connectivity index (χ4n) is 2.69. The second-order valence-corrected chi connectivity index (χ2v) is 5.88. The third kappa shape index (κ3) is 5.24. The van der Waals surface area contributed by atoms with Crippen LogP contribution in [0.25, 0.3) is 0 Å². The molecule has 0 radical (unpaired) electrons. The molecule has 1 atom stereocenters. The van der Waals surface area contributed by atoms with Crippen molar-refractivity contribution < 1.29 is 9.84 Å². The van der Waals surface area contributed by atoms with Crippen LogP contribution in [0, 0.1) is 0 Å². The zero-order valence-corrected chi connectivity index (χ0v) is 13.4. The van der Waals surface area contributed by atoms with Crippen molar-refractivity contribution in [2.24, 2.45) is 0 Å². The lowest BCUT2D eigenvalue weighted by Crippen LogP contribution is -2.47. The lowest BCUT2D eigenvalue weighted by molar-refractivity contribution is 0.0502. The third-order valence-electron chi connectivity index (χ3n) is 4.09. The molecule has 0 amide bonds. The quantitative estimate of drug-likeness (QED) is 0.782. The molecule has 1 fully saturated rings. The van der Waals surface area contributed by atoms with Gasteiger partial charge >= 0.3 is 0 Å². The van der Waals surface area contributed by atoms with Gasteiger partial charge in [-0.15, -0.1) is 0 Å². The average Bonchev–Trinajstić information content (AvgIpc) is 2.52. The molecule has 1 saturated heterocycles. The number of hydrogen-bond acceptors (Lipinski definition) is 4. The monoisotopic (exact) mass is 312 g/mol. The van der Waals surface area contributed by atoms with Gasteiger partial charge in [-0.3, -0.25) is 9.80 Å². The number of nitrogens with zero attached hydrogens (tertiary/aromatic N) is 2. The zero-order chi connectivity index (χ0) is 15.1. The normalized spacial score (nSPS) is 18.8. The second-order valence-electron chi connectivity index (χ2n) is 5.44. The lowest BCUT2D eigenvalue weighted by Gasteiger charge is -2.38. The average molecular weight is 313 g/mol. The van der Waals surface area contributed by atoms with E-state index in [1.54, 1.807) is 0 Å². The summed E-state index contributed by atoms with van der Waals surface area (Å²) in [6, 6.07) is 8.57. The van der Waals surface area contributed by atoms with Gasteiger partial charge in [0.15, 0.2) is 0 Å². The van der Waals surface area contributed by atoms with E-state index in [1.807, 2.05) is 12.1 Å². The highest BCUT2D eigenvalue weighted by atomic mass is 35.5. The largest absolute Gasteiger partial charge is 0.394 e. The van der Waals surface area contributed by atoms with Crippen molar-refractivity contribution in [2.75, 3.05) is 52.5 Å². The molecule has 1 aliphatic rings. The van der Waals surface area contributed by atoms with E-state index in [1.165, 1.54) is 5.56 Å². The van der Waals surface area contributed by atoms with Crippen LogP contribution in [0.3, 0.4) is 0 Å². The van der Waals surface area contributed by atoms with Crippen LogP contribution in [0.2, 0.25) is 5.02 Å². The smallest absolute Gasteiger partial charge is 0.0698 e. The molecule has 4 nitrogen and oxygen atoms in total. The minimum absolute atomic E-state index is 0.104. The number of aliphatic hydroxyl groups excluding tert-OH is 1. The van der Waals surface area contributed by atoms with Gasteiger partial charge in [0.2, 0.25) is 0 Å². The summed E-state index contributed by atoms with van der Waals surface area (Å²) in [5.74, 6) is 0. The standard InChI is InChI=1S/C16H25ClN2O2/c1-14(15-2-4-16(17)5-3-15)19-8-6-18(7-9-19)10-12-21-13-11-20/h2-5,14,20H,6-13H2,1H3. The zero-order valence-electron chi connectivity index (χ0n) is 12.7. The van der Waals surface area contributed by atoms with Crippen molar-refractivity contribution in [1.29, 1.82) is 0 Å². The van der Waals surface area contributed by atoms with Gasteiger partial charge in [-0.05, 0) is 24.6 Å². The van der Waals surface area contributed by atoms with E-state index < -0.39 is 0 Å². The summed E-state index contributed by atoms with van der Waals surface area (Å²) in [5.41, 5.74) is 1.32. The van der Waals surface area contributed by atoms with Gasteiger partial charge in [0, 0.05) is 43.8 Å². The SMILES string of the molecule is CC(c1ccc(Cl)cc1)N1CCN(CCOCCO)CC1. The molecular weight excluding hydrogens is 288 g/mol. The van der Waals surface area contributed by atoms with Crippen molar-refractivity contribution >= 4 is 11.6 Å². The number of halogens is 1. The summed E-state index contributed by atoms with van der Waals surface area (Å²) in [7, 11) is 0. The Morgan fingerprint density at radius 3 is 2.43 bits per heavy atom. The molecule has 0 aromatic heterocycles. The van der Waals surface area contributed by atoms with Crippen molar-refractivity contribution in [3.63, 3.8) is 0 Å². The lowest BCUT2D eigenvalue weighted by atomic mass is 10.1. The van der Waals surface area contributed by atoms with E-state index in [0.717, 1.165) is 37.7 Å². The van der Waals surface area contributed by atoms with E-state index >= 15 is 0 Å². The Kier molecular flexibility index (Phi) is 6.93. The minimum atomic E-state index is 0.104. The number of rotatable bonds is 7. The second kappa shape index (κ2) is 8.71. The maximum Gasteiger partial charge on any atom is 0.0698 e. The molecule has 2 rings (SSSR count). The highest BCUT2D eigenvalue weighted by Gasteiger charge is 2.21. The molecule has 118 valence electrons. The molecule has 5 heteroatoms. The van der Waals surface area contributed by atoms with Crippen molar-refractivity contribution in [3.05, 3.63) is 34.9 Å². The van der Waals surface area contributed by atoms with Gasteiger partial charge in [-0.2, -0.15) is 0 Å². The Bertz CT molecular complexity index is 405. The predicted octanol–water partition coefficient (Wildman–Crippen LogP) is 2.03. The number of benzene rings is 1. The maximum atomic E-state index is 8.67. The third-order valence-corrected chi connectivity index (χ3v) is 4.35. The Morgan fingerprint density at radius 1 is 1.14 bits per heavy atom. The van der Waals surface area contributed by atoms with Crippen LogP contribution in [0.5, 0.6) is 0 Å². The summed E-state index contributed by atoms with van der Waals surface area (Å²) in [6.45, 7) is 8.73. The van der Waals surface area contributed by atoms with E-state index in [-0.39, 0.29) is 6.61 Å². The van der Waals surface area contributed by atoms with E-state index in [9.17, 15) is 0 Å². The fraction of sp³-hybridized carbons (Fsp3) is 0.625. The van der Waals surface area contributed by atoms with Gasteiger partial charge in [0.1, 0.15) is 0 Å². The summed E-state index contributed by atoms with van der Waals surface area (Å²) >= 11 is 5.94. The van der Waals surface area contributed by atoms with Gasteiger partial charge in [-0.1, -0.05) is 23.7 Å². The van der Waals surface area contributed by atoms with Gasteiger partial charge in [0.05, 0.1) is 19.8 Å². The van der Waals surface area contributed by atoms with Crippen LogP contribution in [-0.4, -0.2) is 67.5 Å². The van der Waals surface area contributed by atoms with Crippen LogP contribution in [-0.2, 0) is 4.74 Å². The molecule has 0 aliphatic carbocycles. The fourth-order valence-corrected chi connectivity index (χ4v) is 2.81. The van der Waals surface area contributed by atoms with E-state index in [0.29, 0.717) is 19.3 Å². The first-order valence-corrected chi connectivity index (χ1v) is 7.99. The first kappa shape index (κ1) is 16.7. The predicted molar refractivity (Wildman–Crippen MR) is 85.8 cm³/mol. The van der Waals surface area contributed by atoms with Crippen LogP contribution in [0.4, 0.5) is 0 Å². The van der Waals surface area contributed by atoms with Gasteiger partial charge in [0.25, 0.3) is 0 Å². The molecule has 1 unspecified atom stereocenters. The highest BCUT2D eigenvalue weighted by Crippen LogP contribution is 2.23. The number of hydrogen-bond donors (Lipinski definition) is 1. The van der Waals surface area contributed by atoms with Crippen LogP contribution < -0.4 is 0 Å². The van der Waals surface area contributed by atoms with Crippen molar-refractivity contribution in [2.45, 2.75) is 13.0 Å². The molecule has 1 N–H and O–H groups in total. The number of ether oxygens (including phenoxy) is 1. The van der Waals surface area contributed by atoms with Crippen LogP contribution in [0.1, 0.15) is 18.5 Å². The Hall–Kier alpha value is -0.650. The molecule has 1 aliphatic heterocycles. The van der Waals surface area contributed by atoms with Crippen LogP contribution >= 0.6 is 11.6 Å². The van der Waals surface area contributed by atoms with Crippen molar-refractivity contribution in [1.82, 2.24) is 9.80 Å². The number of piperazine rings is 1. The topological polar surface area (TPSA) is 35.9 Å². The molecular formula is C16H25ClN2O2. The van der Waals surface area contributed by atoms with Gasteiger partial charge < -0.3 is 9.84 Å². The Balaban J connectivity index is 1.74. The van der Waals surface area contributed by atoms with Crippen LogP contribution in [0.15, 0.2) is 24.3 Å². The summed E-state index contributed by atoms with van der Waals surface area (Å²) < 4.78 is 5.32. The summed E-state index contributed by atoms with van der Waals surface area (Å²) in [6.07, 6.45) is 0. The Morgan fingerprint density at radius 2 is 1.81 bits per heavy atom. The number of aliphatic hydroxyl groups is 1. The molecule has 1 aromatic carbocycles. The molecule has 1 heterocycles. The van der Waals surface area contributed by atoms with Gasteiger partial charge in [-0.25, -0.2) is 0 Å². The molecule has 0 saturated carbocycles. The molecule has 0 bridgehead atoms.